The van der Waals surface area contributed by atoms with Crippen LogP contribution in [0.15, 0.2) is 47.4 Å². The van der Waals surface area contributed by atoms with Crippen LogP contribution in [0.2, 0.25) is 10.0 Å². The van der Waals surface area contributed by atoms with Crippen LogP contribution < -0.4 is 5.32 Å². The lowest BCUT2D eigenvalue weighted by Crippen LogP contribution is -2.00. The molecule has 0 aliphatic heterocycles. The largest absolute Gasteiger partial charge is 0.381 e. The van der Waals surface area contributed by atoms with Gasteiger partial charge in [-0.25, -0.2) is 0 Å². The summed E-state index contributed by atoms with van der Waals surface area (Å²) in [5, 5.41) is 4.20. The van der Waals surface area contributed by atoms with E-state index in [1.807, 2.05) is 12.1 Å². The number of nitrogens with one attached hydrogen (secondary N) is 1. The van der Waals surface area contributed by atoms with E-state index >= 15 is 0 Å². The number of alkyl halides is 2. The molecule has 2 aromatic rings. The fourth-order valence-electron chi connectivity index (χ4n) is 1.64. The number of benzene rings is 2. The average Bonchev–Trinajstić information content (AvgIpc) is 2.41. The minimum Gasteiger partial charge on any atom is -0.381 e. The van der Waals surface area contributed by atoms with E-state index in [0.29, 0.717) is 33.2 Å². The Labute approximate surface area is 130 Å². The quantitative estimate of drug-likeness (QED) is 0.681. The molecule has 0 spiro atoms. The van der Waals surface area contributed by atoms with Crippen molar-refractivity contribution in [1.29, 1.82) is 0 Å². The van der Waals surface area contributed by atoms with Crippen LogP contribution in [-0.2, 0) is 6.54 Å². The average molecular weight is 334 g/mol. The SMILES string of the molecule is FC(F)Sc1ccc(NCc2cccc(Cl)c2Cl)cc1. The fraction of sp³-hybridized carbons (Fsp3) is 0.143. The molecule has 0 saturated heterocycles. The van der Waals surface area contributed by atoms with E-state index in [1.165, 1.54) is 0 Å². The Bertz CT molecular complexity index is 576. The molecule has 20 heavy (non-hydrogen) atoms. The molecule has 0 atom stereocenters. The molecule has 0 aliphatic carbocycles. The van der Waals surface area contributed by atoms with Crippen molar-refractivity contribution in [1.82, 2.24) is 0 Å². The monoisotopic (exact) mass is 333 g/mol. The van der Waals surface area contributed by atoms with Crippen molar-refractivity contribution in [2.24, 2.45) is 0 Å². The Morgan fingerprint density at radius 1 is 1.05 bits per heavy atom. The van der Waals surface area contributed by atoms with Crippen molar-refractivity contribution in [2.75, 3.05) is 5.32 Å². The van der Waals surface area contributed by atoms with Gasteiger partial charge >= 0.3 is 0 Å². The smallest absolute Gasteiger partial charge is 0.288 e. The zero-order valence-corrected chi connectivity index (χ0v) is 12.6. The Morgan fingerprint density at radius 2 is 1.75 bits per heavy atom. The number of hydrogen-bond acceptors (Lipinski definition) is 2. The van der Waals surface area contributed by atoms with E-state index in [-0.39, 0.29) is 0 Å². The van der Waals surface area contributed by atoms with Crippen molar-refractivity contribution >= 4 is 40.7 Å². The highest BCUT2D eigenvalue weighted by Crippen LogP contribution is 2.28. The van der Waals surface area contributed by atoms with Gasteiger partial charge in [-0.2, -0.15) is 8.78 Å². The van der Waals surface area contributed by atoms with Crippen molar-refractivity contribution in [2.45, 2.75) is 17.2 Å². The minimum atomic E-state index is -2.40. The van der Waals surface area contributed by atoms with Gasteiger partial charge in [-0.3, -0.25) is 0 Å². The van der Waals surface area contributed by atoms with Gasteiger partial charge in [-0.05, 0) is 35.9 Å². The second kappa shape index (κ2) is 7.16. The summed E-state index contributed by atoms with van der Waals surface area (Å²) in [5.74, 6) is -2.40. The Balaban J connectivity index is 1.99. The standard InChI is InChI=1S/C14H11Cl2F2NS/c15-12-3-1-2-9(13(12)16)8-19-10-4-6-11(7-5-10)20-14(17)18/h1-7,14,19H,8H2. The predicted octanol–water partition coefficient (Wildman–Crippen LogP) is 5.92. The number of hydrogen-bond donors (Lipinski definition) is 1. The van der Waals surface area contributed by atoms with Gasteiger partial charge in [0.05, 0.1) is 10.0 Å². The first-order valence-electron chi connectivity index (χ1n) is 5.78. The van der Waals surface area contributed by atoms with Gasteiger partial charge in [0.15, 0.2) is 0 Å². The predicted molar refractivity (Wildman–Crippen MR) is 82.1 cm³/mol. The summed E-state index contributed by atoms with van der Waals surface area (Å²) < 4.78 is 24.4. The van der Waals surface area contributed by atoms with Gasteiger partial charge in [-0.1, -0.05) is 47.1 Å². The second-order valence-electron chi connectivity index (χ2n) is 3.97. The first-order chi connectivity index (χ1) is 9.56. The van der Waals surface area contributed by atoms with Crippen LogP contribution in [0.25, 0.3) is 0 Å². The van der Waals surface area contributed by atoms with Crippen molar-refractivity contribution in [3.63, 3.8) is 0 Å². The summed E-state index contributed by atoms with van der Waals surface area (Å²) in [4.78, 5) is 0.534. The lowest BCUT2D eigenvalue weighted by atomic mass is 10.2. The van der Waals surface area contributed by atoms with E-state index < -0.39 is 5.76 Å². The summed E-state index contributed by atoms with van der Waals surface area (Å²) in [6.45, 7) is 0.515. The highest BCUT2D eigenvalue weighted by Gasteiger charge is 2.06. The Kier molecular flexibility index (Phi) is 5.52. The first kappa shape index (κ1) is 15.4. The molecule has 2 rings (SSSR count). The van der Waals surface area contributed by atoms with E-state index in [4.69, 9.17) is 23.2 Å². The van der Waals surface area contributed by atoms with E-state index in [0.717, 1.165) is 11.3 Å². The summed E-state index contributed by atoms with van der Waals surface area (Å²) in [6.07, 6.45) is 0. The van der Waals surface area contributed by atoms with Gasteiger partial charge in [0.25, 0.3) is 5.76 Å². The third-order valence-electron chi connectivity index (χ3n) is 2.59. The number of anilines is 1. The Morgan fingerprint density at radius 3 is 2.40 bits per heavy atom. The molecule has 106 valence electrons. The van der Waals surface area contributed by atoms with Crippen LogP contribution in [0.3, 0.4) is 0 Å². The zero-order valence-electron chi connectivity index (χ0n) is 10.2. The summed E-state index contributed by atoms with van der Waals surface area (Å²) >= 11 is 12.5. The van der Waals surface area contributed by atoms with Crippen molar-refractivity contribution in [3.8, 4) is 0 Å². The van der Waals surface area contributed by atoms with E-state index in [2.05, 4.69) is 5.32 Å². The highest BCUT2D eigenvalue weighted by molar-refractivity contribution is 7.99. The third kappa shape index (κ3) is 4.27. The first-order valence-corrected chi connectivity index (χ1v) is 7.41. The second-order valence-corrected chi connectivity index (χ2v) is 5.82. The third-order valence-corrected chi connectivity index (χ3v) is 4.17. The number of thioether (sulfide) groups is 1. The molecule has 0 aliphatic rings. The van der Waals surface area contributed by atoms with Gasteiger partial charge in [0.1, 0.15) is 0 Å². The van der Waals surface area contributed by atoms with Crippen LogP contribution in [0.1, 0.15) is 5.56 Å². The van der Waals surface area contributed by atoms with Crippen LogP contribution in [0.4, 0.5) is 14.5 Å². The molecular weight excluding hydrogens is 323 g/mol. The fourth-order valence-corrected chi connectivity index (χ4v) is 2.52. The van der Waals surface area contributed by atoms with Gasteiger partial charge in [0.2, 0.25) is 0 Å². The van der Waals surface area contributed by atoms with Crippen LogP contribution in [-0.4, -0.2) is 5.76 Å². The molecule has 0 heterocycles. The van der Waals surface area contributed by atoms with E-state index in [1.54, 1.807) is 30.3 Å². The van der Waals surface area contributed by atoms with Gasteiger partial charge in [-0.15, -0.1) is 0 Å². The Hall–Kier alpha value is -0.970. The number of rotatable bonds is 5. The molecule has 2 aromatic carbocycles. The maximum absolute atomic E-state index is 12.2. The van der Waals surface area contributed by atoms with Crippen molar-refractivity contribution < 1.29 is 8.78 Å². The zero-order chi connectivity index (χ0) is 14.5. The molecule has 0 bridgehead atoms. The molecular formula is C14H11Cl2F2NS. The maximum Gasteiger partial charge on any atom is 0.288 e. The highest BCUT2D eigenvalue weighted by atomic mass is 35.5. The van der Waals surface area contributed by atoms with Crippen LogP contribution in [0.5, 0.6) is 0 Å². The lowest BCUT2D eigenvalue weighted by Gasteiger charge is -2.09. The summed E-state index contributed by atoms with van der Waals surface area (Å²) in [5.41, 5.74) is 1.71. The normalized spacial score (nSPS) is 10.8. The summed E-state index contributed by atoms with van der Waals surface area (Å²) in [7, 11) is 0. The molecule has 0 fully saturated rings. The summed E-state index contributed by atoms with van der Waals surface area (Å²) in [6, 6.07) is 12.2. The maximum atomic E-state index is 12.2. The molecule has 0 unspecified atom stereocenters. The van der Waals surface area contributed by atoms with Crippen molar-refractivity contribution in [3.05, 3.63) is 58.1 Å². The van der Waals surface area contributed by atoms with E-state index in [9.17, 15) is 8.78 Å². The molecule has 6 heteroatoms. The molecule has 1 N–H and O–H groups in total. The minimum absolute atomic E-state index is 0.509. The lowest BCUT2D eigenvalue weighted by molar-refractivity contribution is 0.252. The molecule has 0 radical (unpaired) electrons. The molecule has 0 saturated carbocycles. The van der Waals surface area contributed by atoms with Crippen LogP contribution in [0, 0.1) is 0 Å². The molecule has 0 aromatic heterocycles. The van der Waals surface area contributed by atoms with Gasteiger partial charge < -0.3 is 5.32 Å². The van der Waals surface area contributed by atoms with Gasteiger partial charge in [0, 0.05) is 17.1 Å². The molecule has 1 nitrogen and oxygen atoms in total. The number of halogens is 4. The van der Waals surface area contributed by atoms with Crippen LogP contribution >= 0.6 is 35.0 Å². The molecule has 0 amide bonds. The topological polar surface area (TPSA) is 12.0 Å².